The summed E-state index contributed by atoms with van der Waals surface area (Å²) in [7, 11) is 0. The van der Waals surface area contributed by atoms with E-state index in [4.69, 9.17) is 0 Å². The molecule has 0 amide bonds. The van der Waals surface area contributed by atoms with Gasteiger partial charge in [-0.05, 0) is 79.9 Å². The lowest BCUT2D eigenvalue weighted by molar-refractivity contribution is 0.591. The molecule has 262 valence electrons. The number of anilines is 3. The summed E-state index contributed by atoms with van der Waals surface area (Å²) in [4.78, 5) is 2.62. The molecular weight excluding hydrogens is 677 g/mol. The number of benzene rings is 9. The highest BCUT2D eigenvalue weighted by Crippen LogP contribution is 2.53. The third-order valence-corrected chi connectivity index (χ3v) is 12.9. The number of nitrogens with zero attached hydrogens (tertiary/aromatic N) is 3. The van der Waals surface area contributed by atoms with Crippen molar-refractivity contribution in [1.29, 1.82) is 0 Å². The number of para-hydroxylation sites is 5. The fourth-order valence-electron chi connectivity index (χ4n) is 10.7. The van der Waals surface area contributed by atoms with Crippen LogP contribution >= 0.6 is 0 Å². The molecule has 13 rings (SSSR count). The molecule has 56 heavy (non-hydrogen) atoms. The molecule has 0 fully saturated rings. The van der Waals surface area contributed by atoms with Gasteiger partial charge in [-0.15, -0.1) is 0 Å². The van der Waals surface area contributed by atoms with E-state index in [9.17, 15) is 0 Å². The van der Waals surface area contributed by atoms with Gasteiger partial charge in [0.2, 0.25) is 0 Å². The van der Waals surface area contributed by atoms with Crippen molar-refractivity contribution >= 4 is 100.0 Å². The summed E-state index contributed by atoms with van der Waals surface area (Å²) >= 11 is 0. The number of hydrogen-bond donors (Lipinski definition) is 0. The van der Waals surface area contributed by atoms with Crippen molar-refractivity contribution in [2.24, 2.45) is 0 Å². The molecule has 0 saturated carbocycles. The van der Waals surface area contributed by atoms with Gasteiger partial charge < -0.3 is 13.9 Å². The first-order valence-corrected chi connectivity index (χ1v) is 19.8. The minimum Gasteiger partial charge on any atom is -0.374 e. The average Bonchev–Trinajstić information content (AvgIpc) is 3.76. The minimum absolute atomic E-state index is 0.0410. The van der Waals surface area contributed by atoms with E-state index in [1.165, 1.54) is 110 Å². The Morgan fingerprint density at radius 3 is 1.84 bits per heavy atom. The lowest BCUT2D eigenvalue weighted by atomic mass is 9.46. The SMILES string of the molecule is CC(C)(C)c1cc2ccc3c4c5c(c6ccc(c1)c2c36)N(c1ccccc1)c1c(n(-c2ccccc2)c2ccccc12)B5n1c2ccccc2c2cccc-4c21. The Bertz CT molecular complexity index is 3440. The van der Waals surface area contributed by atoms with Crippen LogP contribution in [0.2, 0.25) is 0 Å². The second-order valence-corrected chi connectivity index (χ2v) is 16.9. The summed E-state index contributed by atoms with van der Waals surface area (Å²) in [5.74, 6) is 0. The van der Waals surface area contributed by atoms with Crippen LogP contribution in [0.3, 0.4) is 0 Å². The van der Waals surface area contributed by atoms with E-state index in [1.807, 2.05) is 0 Å². The zero-order chi connectivity index (χ0) is 37.0. The van der Waals surface area contributed by atoms with Crippen LogP contribution in [-0.4, -0.2) is 15.9 Å². The number of fused-ring (bicyclic) bond motifs is 11. The molecule has 0 bridgehead atoms. The molecule has 2 aliphatic heterocycles. The Morgan fingerprint density at radius 2 is 1.11 bits per heavy atom. The summed E-state index contributed by atoms with van der Waals surface area (Å²) in [6.45, 7) is 6.86. The molecule has 4 heterocycles. The third-order valence-electron chi connectivity index (χ3n) is 12.9. The summed E-state index contributed by atoms with van der Waals surface area (Å²) in [6.07, 6.45) is 0. The van der Waals surface area contributed by atoms with Crippen LogP contribution < -0.4 is 16.0 Å². The maximum Gasteiger partial charge on any atom is 0.351 e. The Balaban J connectivity index is 1.32. The second-order valence-electron chi connectivity index (χ2n) is 16.9. The van der Waals surface area contributed by atoms with Gasteiger partial charge in [0.05, 0.1) is 16.9 Å². The van der Waals surface area contributed by atoms with Crippen molar-refractivity contribution in [2.75, 3.05) is 4.90 Å². The molecule has 11 aromatic rings. The van der Waals surface area contributed by atoms with Crippen LogP contribution in [0, 0.1) is 0 Å². The highest BCUT2D eigenvalue weighted by molar-refractivity contribution is 6.91. The number of aromatic nitrogens is 2. The van der Waals surface area contributed by atoms with Crippen molar-refractivity contribution in [3.63, 3.8) is 0 Å². The molecule has 0 aliphatic carbocycles. The molecule has 0 saturated heterocycles. The Labute approximate surface area is 325 Å². The number of rotatable bonds is 2. The fraction of sp³-hybridized carbons (Fsp3) is 0.0769. The van der Waals surface area contributed by atoms with Crippen molar-refractivity contribution in [2.45, 2.75) is 26.2 Å². The van der Waals surface area contributed by atoms with Gasteiger partial charge in [0.1, 0.15) is 0 Å². The second kappa shape index (κ2) is 10.5. The van der Waals surface area contributed by atoms with Gasteiger partial charge in [-0.25, -0.2) is 0 Å². The summed E-state index contributed by atoms with van der Waals surface area (Å²) in [5.41, 5.74) is 15.4. The lowest BCUT2D eigenvalue weighted by Crippen LogP contribution is -2.58. The molecule has 0 radical (unpaired) electrons. The van der Waals surface area contributed by atoms with E-state index in [1.54, 1.807) is 0 Å². The van der Waals surface area contributed by atoms with Crippen molar-refractivity contribution in [3.8, 4) is 16.8 Å². The van der Waals surface area contributed by atoms with Crippen LogP contribution in [0.4, 0.5) is 17.1 Å². The molecular formula is C52H36BN3. The smallest absolute Gasteiger partial charge is 0.351 e. The van der Waals surface area contributed by atoms with Crippen LogP contribution in [0.5, 0.6) is 0 Å². The zero-order valence-corrected chi connectivity index (χ0v) is 31.5. The summed E-state index contributed by atoms with van der Waals surface area (Å²) in [5, 5.41) is 11.8. The van der Waals surface area contributed by atoms with Gasteiger partial charge in [-0.2, -0.15) is 0 Å². The molecule has 9 aromatic carbocycles. The van der Waals surface area contributed by atoms with Gasteiger partial charge in [0, 0.05) is 60.5 Å². The molecule has 0 atom stereocenters. The molecule has 3 nitrogen and oxygen atoms in total. The van der Waals surface area contributed by atoms with E-state index < -0.39 is 0 Å². The topological polar surface area (TPSA) is 13.1 Å². The Morgan fingerprint density at radius 1 is 0.482 bits per heavy atom. The first-order chi connectivity index (χ1) is 27.5. The number of hydrogen-bond acceptors (Lipinski definition) is 1. The zero-order valence-electron chi connectivity index (χ0n) is 31.5. The van der Waals surface area contributed by atoms with Gasteiger partial charge in [-0.1, -0.05) is 148 Å². The van der Waals surface area contributed by atoms with E-state index in [0.29, 0.717) is 0 Å². The molecule has 2 aromatic heterocycles. The predicted molar refractivity (Wildman–Crippen MR) is 239 cm³/mol. The van der Waals surface area contributed by atoms with Crippen LogP contribution in [0.1, 0.15) is 26.3 Å². The lowest BCUT2D eigenvalue weighted by Gasteiger charge is -2.41. The van der Waals surface area contributed by atoms with Crippen molar-refractivity contribution < 1.29 is 0 Å². The fourth-order valence-corrected chi connectivity index (χ4v) is 10.7. The minimum atomic E-state index is -0.103. The van der Waals surface area contributed by atoms with Gasteiger partial charge in [0.25, 0.3) is 0 Å². The Hall–Kier alpha value is -6.78. The molecule has 0 unspecified atom stereocenters. The quantitative estimate of drug-likeness (QED) is 0.128. The first-order valence-electron chi connectivity index (χ1n) is 19.8. The highest BCUT2D eigenvalue weighted by Gasteiger charge is 2.47. The van der Waals surface area contributed by atoms with Gasteiger partial charge >= 0.3 is 6.85 Å². The maximum absolute atomic E-state index is 2.69. The molecule has 2 aliphatic rings. The van der Waals surface area contributed by atoms with Crippen molar-refractivity contribution in [3.05, 3.63) is 169 Å². The maximum atomic E-state index is 2.69. The highest BCUT2D eigenvalue weighted by atomic mass is 15.2. The molecule has 0 spiro atoms. The standard InChI is InChI=1S/C52H36BN3/c1-52(2,3)33-29-31-25-27-39-45-41(28-26-32(30-33)44(31)45)49-47-46(39)40-22-14-21-37-36-19-10-13-24-43(36)56(48(37)40)53(47)51-50(55(49)35-17-8-5-9-18-35)38-20-11-12-23-42(38)54(51)34-15-6-4-7-16-34/h4-30H,1-3H3. The van der Waals surface area contributed by atoms with Gasteiger partial charge in [0.15, 0.2) is 0 Å². The largest absolute Gasteiger partial charge is 0.374 e. The summed E-state index contributed by atoms with van der Waals surface area (Å²) < 4.78 is 5.25. The average molecular weight is 714 g/mol. The van der Waals surface area contributed by atoms with E-state index in [2.05, 4.69) is 199 Å². The molecule has 0 N–H and O–H groups in total. The first kappa shape index (κ1) is 30.5. The monoisotopic (exact) mass is 713 g/mol. The van der Waals surface area contributed by atoms with Gasteiger partial charge in [-0.3, -0.25) is 0 Å². The van der Waals surface area contributed by atoms with Crippen LogP contribution in [0.15, 0.2) is 164 Å². The predicted octanol–water partition coefficient (Wildman–Crippen LogP) is 12.4. The van der Waals surface area contributed by atoms with E-state index >= 15 is 0 Å². The van der Waals surface area contributed by atoms with E-state index in [-0.39, 0.29) is 12.3 Å². The summed E-state index contributed by atoms with van der Waals surface area (Å²) in [6, 6.07) is 61.7. The normalized spacial score (nSPS) is 13.6. The van der Waals surface area contributed by atoms with Crippen LogP contribution in [0.25, 0.3) is 81.8 Å². The third kappa shape index (κ3) is 3.70. The van der Waals surface area contributed by atoms with E-state index in [0.717, 1.165) is 5.69 Å². The van der Waals surface area contributed by atoms with Crippen LogP contribution in [-0.2, 0) is 5.41 Å². The van der Waals surface area contributed by atoms with Crippen molar-refractivity contribution in [1.82, 2.24) is 9.05 Å². The molecule has 4 heteroatoms. The Kier molecular flexibility index (Phi) is 5.72.